The Morgan fingerprint density at radius 1 is 1.10 bits per heavy atom. The van der Waals surface area contributed by atoms with Crippen LogP contribution in [0.25, 0.3) is 0 Å². The van der Waals surface area contributed by atoms with Crippen molar-refractivity contribution < 1.29 is 15.0 Å². The first kappa shape index (κ1) is 13.6. The van der Waals surface area contributed by atoms with Crippen molar-refractivity contribution in [3.63, 3.8) is 0 Å². The van der Waals surface area contributed by atoms with Crippen LogP contribution < -0.4 is 5.43 Å². The standard InChI is InChI=1S/C15H14N2O3/c1-10-5-4-8-14(19)12(10)9-16-17-15(20)11-6-2-3-7-13(11)18/h2-9,18-19H,1H3,(H,17,20)/b16-9+. The Kier molecular flexibility index (Phi) is 4.00. The molecule has 0 spiro atoms. The molecule has 102 valence electrons. The van der Waals surface area contributed by atoms with Crippen molar-refractivity contribution in [3.05, 3.63) is 59.2 Å². The first-order valence-corrected chi connectivity index (χ1v) is 5.99. The number of aromatic hydroxyl groups is 2. The Balaban J connectivity index is 2.11. The number of amides is 1. The lowest BCUT2D eigenvalue weighted by Crippen LogP contribution is -2.17. The summed E-state index contributed by atoms with van der Waals surface area (Å²) in [4.78, 5) is 11.8. The van der Waals surface area contributed by atoms with Gasteiger partial charge in [-0.2, -0.15) is 5.10 Å². The van der Waals surface area contributed by atoms with E-state index < -0.39 is 5.91 Å². The number of benzene rings is 2. The van der Waals surface area contributed by atoms with E-state index in [1.54, 1.807) is 24.3 Å². The lowest BCUT2D eigenvalue weighted by molar-refractivity contribution is 0.0952. The van der Waals surface area contributed by atoms with Crippen molar-refractivity contribution in [1.82, 2.24) is 5.43 Å². The number of carbonyl (C=O) groups excluding carboxylic acids is 1. The van der Waals surface area contributed by atoms with E-state index in [4.69, 9.17) is 0 Å². The number of rotatable bonds is 3. The molecule has 5 nitrogen and oxygen atoms in total. The van der Waals surface area contributed by atoms with Crippen LogP contribution in [0.5, 0.6) is 11.5 Å². The molecule has 0 heterocycles. The number of para-hydroxylation sites is 1. The van der Waals surface area contributed by atoms with Crippen LogP contribution in [0.15, 0.2) is 47.6 Å². The van der Waals surface area contributed by atoms with Gasteiger partial charge >= 0.3 is 0 Å². The average Bonchev–Trinajstić information content (AvgIpc) is 2.42. The summed E-state index contributed by atoms with van der Waals surface area (Å²) in [6.45, 7) is 1.83. The van der Waals surface area contributed by atoms with E-state index in [9.17, 15) is 15.0 Å². The van der Waals surface area contributed by atoms with Crippen molar-refractivity contribution >= 4 is 12.1 Å². The van der Waals surface area contributed by atoms with Gasteiger partial charge in [-0.05, 0) is 30.7 Å². The first-order valence-electron chi connectivity index (χ1n) is 5.99. The van der Waals surface area contributed by atoms with Gasteiger partial charge in [-0.1, -0.05) is 24.3 Å². The molecule has 0 radical (unpaired) electrons. The van der Waals surface area contributed by atoms with Gasteiger partial charge in [-0.3, -0.25) is 4.79 Å². The van der Waals surface area contributed by atoms with Crippen molar-refractivity contribution in [2.75, 3.05) is 0 Å². The lowest BCUT2D eigenvalue weighted by atomic mass is 10.1. The SMILES string of the molecule is Cc1cccc(O)c1/C=N/NC(=O)c1ccccc1O. The van der Waals surface area contributed by atoms with Crippen LogP contribution in [0.3, 0.4) is 0 Å². The van der Waals surface area contributed by atoms with Gasteiger partial charge < -0.3 is 10.2 Å². The summed E-state index contributed by atoms with van der Waals surface area (Å²) < 4.78 is 0. The zero-order chi connectivity index (χ0) is 14.5. The molecule has 0 aliphatic heterocycles. The van der Waals surface area contributed by atoms with Crippen LogP contribution in [-0.4, -0.2) is 22.3 Å². The van der Waals surface area contributed by atoms with Crippen molar-refractivity contribution in [1.29, 1.82) is 0 Å². The van der Waals surface area contributed by atoms with Gasteiger partial charge in [-0.25, -0.2) is 5.43 Å². The Hall–Kier alpha value is -2.82. The Labute approximate surface area is 116 Å². The predicted molar refractivity (Wildman–Crippen MR) is 76.0 cm³/mol. The topological polar surface area (TPSA) is 81.9 Å². The van der Waals surface area contributed by atoms with Gasteiger partial charge in [0.1, 0.15) is 11.5 Å². The molecule has 0 unspecified atom stereocenters. The number of aryl methyl sites for hydroxylation is 1. The molecule has 1 amide bonds. The van der Waals surface area contributed by atoms with E-state index in [0.717, 1.165) is 5.56 Å². The second-order valence-corrected chi connectivity index (χ2v) is 4.22. The van der Waals surface area contributed by atoms with Gasteiger partial charge in [0, 0.05) is 5.56 Å². The minimum Gasteiger partial charge on any atom is -0.507 e. The molecule has 0 aliphatic rings. The average molecular weight is 270 g/mol. The molecular formula is C15H14N2O3. The smallest absolute Gasteiger partial charge is 0.275 e. The molecule has 0 saturated carbocycles. The van der Waals surface area contributed by atoms with Crippen LogP contribution in [0, 0.1) is 6.92 Å². The molecule has 0 saturated heterocycles. The molecular weight excluding hydrogens is 256 g/mol. The Morgan fingerprint density at radius 2 is 1.80 bits per heavy atom. The Bertz CT molecular complexity index is 646. The zero-order valence-corrected chi connectivity index (χ0v) is 10.9. The predicted octanol–water partition coefficient (Wildman–Crippen LogP) is 2.17. The van der Waals surface area contributed by atoms with E-state index in [1.807, 2.05) is 13.0 Å². The molecule has 0 fully saturated rings. The molecule has 3 N–H and O–H groups in total. The van der Waals surface area contributed by atoms with E-state index in [-0.39, 0.29) is 17.1 Å². The third-order valence-electron chi connectivity index (χ3n) is 2.81. The summed E-state index contributed by atoms with van der Waals surface area (Å²) in [5, 5.41) is 23.0. The maximum absolute atomic E-state index is 11.8. The van der Waals surface area contributed by atoms with E-state index >= 15 is 0 Å². The number of carbonyl (C=O) groups is 1. The third kappa shape index (κ3) is 2.95. The Morgan fingerprint density at radius 3 is 2.50 bits per heavy atom. The van der Waals surface area contributed by atoms with Crippen molar-refractivity contribution in [3.8, 4) is 11.5 Å². The van der Waals surface area contributed by atoms with Crippen molar-refractivity contribution in [2.24, 2.45) is 5.10 Å². The number of hydrogen-bond acceptors (Lipinski definition) is 4. The highest BCUT2D eigenvalue weighted by molar-refractivity contribution is 5.97. The molecule has 0 atom stereocenters. The van der Waals surface area contributed by atoms with Gasteiger partial charge in [0.05, 0.1) is 11.8 Å². The fraction of sp³-hybridized carbons (Fsp3) is 0.0667. The molecule has 0 aromatic heterocycles. The van der Waals surface area contributed by atoms with E-state index in [1.165, 1.54) is 18.3 Å². The monoisotopic (exact) mass is 270 g/mol. The van der Waals surface area contributed by atoms with Crippen molar-refractivity contribution in [2.45, 2.75) is 6.92 Å². The highest BCUT2D eigenvalue weighted by Gasteiger charge is 2.08. The maximum Gasteiger partial charge on any atom is 0.275 e. The summed E-state index contributed by atoms with van der Waals surface area (Å²) in [6, 6.07) is 11.3. The van der Waals surface area contributed by atoms with Crippen LogP contribution >= 0.6 is 0 Å². The van der Waals surface area contributed by atoms with Gasteiger partial charge in [0.2, 0.25) is 0 Å². The quantitative estimate of drug-likeness (QED) is 0.590. The molecule has 2 rings (SSSR count). The van der Waals surface area contributed by atoms with Gasteiger partial charge in [0.15, 0.2) is 0 Å². The number of nitrogens with zero attached hydrogens (tertiary/aromatic N) is 1. The molecule has 2 aromatic rings. The minimum atomic E-state index is -0.521. The zero-order valence-electron chi connectivity index (χ0n) is 10.9. The number of hydrazone groups is 1. The largest absolute Gasteiger partial charge is 0.507 e. The fourth-order valence-electron chi connectivity index (χ4n) is 1.71. The number of phenolic OH excluding ortho intramolecular Hbond substituents is 2. The van der Waals surface area contributed by atoms with Gasteiger partial charge in [0.25, 0.3) is 5.91 Å². The van der Waals surface area contributed by atoms with Crippen LogP contribution in [-0.2, 0) is 0 Å². The van der Waals surface area contributed by atoms with Crippen LogP contribution in [0.1, 0.15) is 21.5 Å². The normalized spacial score (nSPS) is 10.7. The lowest BCUT2D eigenvalue weighted by Gasteiger charge is -2.04. The second kappa shape index (κ2) is 5.88. The van der Waals surface area contributed by atoms with Gasteiger partial charge in [-0.15, -0.1) is 0 Å². The molecule has 20 heavy (non-hydrogen) atoms. The summed E-state index contributed by atoms with van der Waals surface area (Å²) >= 11 is 0. The number of hydrogen-bond donors (Lipinski definition) is 3. The fourth-order valence-corrected chi connectivity index (χ4v) is 1.71. The van der Waals surface area contributed by atoms with E-state index in [0.29, 0.717) is 5.56 Å². The number of nitrogens with one attached hydrogen (secondary N) is 1. The summed E-state index contributed by atoms with van der Waals surface area (Å²) in [6.07, 6.45) is 1.36. The summed E-state index contributed by atoms with van der Waals surface area (Å²) in [5.74, 6) is -0.545. The summed E-state index contributed by atoms with van der Waals surface area (Å²) in [5.41, 5.74) is 3.81. The minimum absolute atomic E-state index is 0.0885. The molecule has 0 aliphatic carbocycles. The van der Waals surface area contributed by atoms with Crippen LogP contribution in [0.4, 0.5) is 0 Å². The van der Waals surface area contributed by atoms with Crippen LogP contribution in [0.2, 0.25) is 0 Å². The third-order valence-corrected chi connectivity index (χ3v) is 2.81. The molecule has 2 aromatic carbocycles. The maximum atomic E-state index is 11.8. The molecule has 0 bridgehead atoms. The number of phenols is 2. The summed E-state index contributed by atoms with van der Waals surface area (Å²) in [7, 11) is 0. The highest BCUT2D eigenvalue weighted by Crippen LogP contribution is 2.18. The van der Waals surface area contributed by atoms with E-state index in [2.05, 4.69) is 10.5 Å². The first-order chi connectivity index (χ1) is 9.59. The highest BCUT2D eigenvalue weighted by atomic mass is 16.3. The molecule has 5 heteroatoms. The second-order valence-electron chi connectivity index (χ2n) is 4.22.